The zero-order chi connectivity index (χ0) is 17.9. The first kappa shape index (κ1) is 18.3. The van der Waals surface area contributed by atoms with Crippen LogP contribution in [0.15, 0.2) is 24.3 Å². The molecule has 4 nitrogen and oxygen atoms in total. The Balaban J connectivity index is 2.35. The second kappa shape index (κ2) is 7.25. The molecular weight excluding hydrogens is 341 g/mol. The zero-order valence-corrected chi connectivity index (χ0v) is 14.3. The standard InChI is InChI=1S/C16H18ClF3N4/c1-4-9(2)21-14-7-10(3)22-15(24-14)23-13-6-5-11(17)8-12(13)16(18,19)20/h5-9H,4H2,1-3H3,(H2,21,22,23,24). The monoisotopic (exact) mass is 358 g/mol. The molecule has 2 aromatic rings. The fraction of sp³-hybridized carbons (Fsp3) is 0.375. The summed E-state index contributed by atoms with van der Waals surface area (Å²) >= 11 is 5.68. The van der Waals surface area contributed by atoms with E-state index in [0.29, 0.717) is 11.5 Å². The van der Waals surface area contributed by atoms with Crippen molar-refractivity contribution < 1.29 is 13.2 Å². The number of hydrogen-bond acceptors (Lipinski definition) is 4. The second-order valence-corrected chi connectivity index (χ2v) is 5.92. The molecular formula is C16H18ClF3N4. The van der Waals surface area contributed by atoms with Gasteiger partial charge in [0.1, 0.15) is 5.82 Å². The molecule has 24 heavy (non-hydrogen) atoms. The highest BCUT2D eigenvalue weighted by Gasteiger charge is 2.34. The molecule has 1 unspecified atom stereocenters. The summed E-state index contributed by atoms with van der Waals surface area (Å²) in [4.78, 5) is 8.37. The molecule has 0 saturated heterocycles. The number of aryl methyl sites for hydroxylation is 1. The summed E-state index contributed by atoms with van der Waals surface area (Å²) in [5.74, 6) is 0.649. The molecule has 0 aliphatic heterocycles. The first-order chi connectivity index (χ1) is 11.2. The minimum absolute atomic E-state index is 0.0113. The van der Waals surface area contributed by atoms with Gasteiger partial charge in [0.25, 0.3) is 0 Å². The van der Waals surface area contributed by atoms with Crippen LogP contribution in [-0.2, 0) is 6.18 Å². The molecule has 0 saturated carbocycles. The third-order valence-corrected chi connectivity index (χ3v) is 3.63. The predicted octanol–water partition coefficient (Wildman–Crippen LogP) is 5.41. The molecule has 130 valence electrons. The van der Waals surface area contributed by atoms with Gasteiger partial charge in [-0.05, 0) is 38.5 Å². The number of rotatable bonds is 5. The Hall–Kier alpha value is -2.02. The van der Waals surface area contributed by atoms with E-state index >= 15 is 0 Å². The highest BCUT2D eigenvalue weighted by molar-refractivity contribution is 6.30. The SMILES string of the molecule is CCC(C)Nc1cc(C)nc(Nc2ccc(Cl)cc2C(F)(F)F)n1. The Bertz CT molecular complexity index is 719. The molecule has 0 aliphatic rings. The number of aromatic nitrogens is 2. The van der Waals surface area contributed by atoms with E-state index in [2.05, 4.69) is 20.6 Å². The summed E-state index contributed by atoms with van der Waals surface area (Å²) in [6.07, 6.45) is -3.64. The lowest BCUT2D eigenvalue weighted by Crippen LogP contribution is -2.16. The first-order valence-electron chi connectivity index (χ1n) is 7.45. The molecule has 2 rings (SSSR count). The maximum absolute atomic E-state index is 13.2. The molecule has 0 radical (unpaired) electrons. The van der Waals surface area contributed by atoms with Crippen molar-refractivity contribution in [3.8, 4) is 0 Å². The van der Waals surface area contributed by atoms with Crippen molar-refractivity contribution in [1.82, 2.24) is 9.97 Å². The fourth-order valence-electron chi connectivity index (χ4n) is 2.03. The van der Waals surface area contributed by atoms with Crippen molar-refractivity contribution in [2.45, 2.75) is 39.4 Å². The van der Waals surface area contributed by atoms with E-state index < -0.39 is 11.7 Å². The minimum Gasteiger partial charge on any atom is -0.367 e. The van der Waals surface area contributed by atoms with Gasteiger partial charge >= 0.3 is 6.18 Å². The van der Waals surface area contributed by atoms with Gasteiger partial charge in [0, 0.05) is 22.8 Å². The molecule has 0 amide bonds. The van der Waals surface area contributed by atoms with Gasteiger partial charge in [-0.3, -0.25) is 0 Å². The van der Waals surface area contributed by atoms with Gasteiger partial charge in [0.15, 0.2) is 0 Å². The lowest BCUT2D eigenvalue weighted by Gasteiger charge is -2.16. The van der Waals surface area contributed by atoms with Gasteiger partial charge < -0.3 is 10.6 Å². The lowest BCUT2D eigenvalue weighted by atomic mass is 10.1. The van der Waals surface area contributed by atoms with Gasteiger partial charge in [-0.15, -0.1) is 0 Å². The highest BCUT2D eigenvalue weighted by Crippen LogP contribution is 2.37. The Morgan fingerprint density at radius 1 is 1.21 bits per heavy atom. The molecule has 1 aromatic carbocycles. The summed E-state index contributed by atoms with van der Waals surface area (Å²) < 4.78 is 39.5. The van der Waals surface area contributed by atoms with Crippen molar-refractivity contribution in [3.05, 3.63) is 40.5 Å². The fourth-order valence-corrected chi connectivity index (χ4v) is 2.21. The number of halogens is 4. The Kier molecular flexibility index (Phi) is 5.54. The van der Waals surface area contributed by atoms with Crippen molar-refractivity contribution in [2.75, 3.05) is 10.6 Å². The van der Waals surface area contributed by atoms with Crippen LogP contribution in [0.4, 0.5) is 30.6 Å². The van der Waals surface area contributed by atoms with E-state index in [9.17, 15) is 13.2 Å². The Labute approximate surface area is 143 Å². The average molecular weight is 359 g/mol. The van der Waals surface area contributed by atoms with Crippen LogP contribution in [0, 0.1) is 6.92 Å². The third kappa shape index (κ3) is 4.74. The van der Waals surface area contributed by atoms with Gasteiger partial charge in [-0.2, -0.15) is 18.2 Å². The van der Waals surface area contributed by atoms with Crippen molar-refractivity contribution >= 4 is 29.1 Å². The van der Waals surface area contributed by atoms with Crippen LogP contribution in [0.5, 0.6) is 0 Å². The smallest absolute Gasteiger partial charge is 0.367 e. The highest BCUT2D eigenvalue weighted by atomic mass is 35.5. The van der Waals surface area contributed by atoms with E-state index in [1.54, 1.807) is 13.0 Å². The van der Waals surface area contributed by atoms with E-state index in [-0.39, 0.29) is 22.7 Å². The number of alkyl halides is 3. The first-order valence-corrected chi connectivity index (χ1v) is 7.83. The van der Waals surface area contributed by atoms with Gasteiger partial charge in [0.2, 0.25) is 5.95 Å². The second-order valence-electron chi connectivity index (χ2n) is 5.48. The maximum atomic E-state index is 13.2. The summed E-state index contributed by atoms with van der Waals surface area (Å²) in [7, 11) is 0. The van der Waals surface area contributed by atoms with Crippen molar-refractivity contribution in [1.29, 1.82) is 0 Å². The summed E-state index contributed by atoms with van der Waals surface area (Å²) in [6.45, 7) is 5.76. The van der Waals surface area contributed by atoms with Crippen LogP contribution in [-0.4, -0.2) is 16.0 Å². The number of hydrogen-bond donors (Lipinski definition) is 2. The topological polar surface area (TPSA) is 49.8 Å². The molecule has 0 aliphatic carbocycles. The quantitative estimate of drug-likeness (QED) is 0.750. The van der Waals surface area contributed by atoms with Gasteiger partial charge in [0.05, 0.1) is 11.3 Å². The Morgan fingerprint density at radius 3 is 2.54 bits per heavy atom. The normalized spacial score (nSPS) is 12.8. The molecule has 2 N–H and O–H groups in total. The van der Waals surface area contributed by atoms with Gasteiger partial charge in [-0.1, -0.05) is 18.5 Å². The molecule has 8 heteroatoms. The number of anilines is 3. The van der Waals surface area contributed by atoms with E-state index in [0.717, 1.165) is 12.5 Å². The van der Waals surface area contributed by atoms with Crippen LogP contribution in [0.2, 0.25) is 5.02 Å². The Morgan fingerprint density at radius 2 is 1.92 bits per heavy atom. The third-order valence-electron chi connectivity index (χ3n) is 3.39. The average Bonchev–Trinajstić information content (AvgIpc) is 2.47. The number of nitrogens with zero attached hydrogens (tertiary/aromatic N) is 2. The number of nitrogens with one attached hydrogen (secondary N) is 2. The predicted molar refractivity (Wildman–Crippen MR) is 89.9 cm³/mol. The van der Waals surface area contributed by atoms with Crippen LogP contribution < -0.4 is 10.6 Å². The largest absolute Gasteiger partial charge is 0.418 e. The van der Waals surface area contributed by atoms with Crippen LogP contribution in [0.3, 0.4) is 0 Å². The summed E-state index contributed by atoms with van der Waals surface area (Å²) in [6, 6.07) is 5.45. The summed E-state index contributed by atoms with van der Waals surface area (Å²) in [5.41, 5.74) is -0.371. The van der Waals surface area contributed by atoms with Crippen LogP contribution in [0.25, 0.3) is 0 Å². The lowest BCUT2D eigenvalue weighted by molar-refractivity contribution is -0.136. The van der Waals surface area contributed by atoms with Crippen LogP contribution >= 0.6 is 11.6 Å². The van der Waals surface area contributed by atoms with Crippen molar-refractivity contribution in [2.24, 2.45) is 0 Å². The van der Waals surface area contributed by atoms with E-state index in [1.807, 2.05) is 13.8 Å². The maximum Gasteiger partial charge on any atom is 0.418 e. The molecule has 0 fully saturated rings. The van der Waals surface area contributed by atoms with E-state index in [4.69, 9.17) is 11.6 Å². The van der Waals surface area contributed by atoms with Crippen molar-refractivity contribution in [3.63, 3.8) is 0 Å². The minimum atomic E-state index is -4.53. The molecule has 1 atom stereocenters. The molecule has 1 aromatic heterocycles. The zero-order valence-electron chi connectivity index (χ0n) is 13.5. The van der Waals surface area contributed by atoms with E-state index in [1.165, 1.54) is 12.1 Å². The molecule has 0 spiro atoms. The number of benzene rings is 1. The van der Waals surface area contributed by atoms with Gasteiger partial charge in [-0.25, -0.2) is 4.98 Å². The summed E-state index contributed by atoms with van der Waals surface area (Å²) in [5, 5.41) is 5.83. The molecule has 1 heterocycles. The molecule has 0 bridgehead atoms. The van der Waals surface area contributed by atoms with Crippen LogP contribution in [0.1, 0.15) is 31.5 Å².